The van der Waals surface area contributed by atoms with Crippen LogP contribution in [0.2, 0.25) is 0 Å². The van der Waals surface area contributed by atoms with Gasteiger partial charge in [-0.3, -0.25) is 0 Å². The zero-order chi connectivity index (χ0) is 12.5. The zero-order valence-electron chi connectivity index (χ0n) is 9.28. The molecule has 90 valence electrons. The fourth-order valence-corrected chi connectivity index (χ4v) is 1.87. The van der Waals surface area contributed by atoms with Crippen molar-refractivity contribution in [2.24, 2.45) is 0 Å². The van der Waals surface area contributed by atoms with Crippen LogP contribution >= 0.6 is 0 Å². The van der Waals surface area contributed by atoms with E-state index >= 15 is 0 Å². The van der Waals surface area contributed by atoms with Crippen molar-refractivity contribution in [2.45, 2.75) is 6.54 Å². The summed E-state index contributed by atoms with van der Waals surface area (Å²) < 4.78 is 6.53. The number of carboxylic acid groups (broad SMARTS) is 1. The Morgan fingerprint density at radius 3 is 3.00 bits per heavy atom. The maximum absolute atomic E-state index is 11.2. The maximum atomic E-state index is 11.2. The van der Waals surface area contributed by atoms with Gasteiger partial charge in [0.15, 0.2) is 0 Å². The molecule has 0 bridgehead atoms. The second kappa shape index (κ2) is 3.99. The molecule has 0 aliphatic rings. The molecule has 0 unspecified atom stereocenters. The Balaban J connectivity index is 2.15. The molecule has 6 nitrogen and oxygen atoms in total. The third kappa shape index (κ3) is 1.64. The van der Waals surface area contributed by atoms with E-state index in [4.69, 9.17) is 9.52 Å². The van der Waals surface area contributed by atoms with Gasteiger partial charge in [0.05, 0.1) is 24.6 Å². The monoisotopic (exact) mass is 243 g/mol. The Morgan fingerprint density at radius 2 is 2.28 bits per heavy atom. The van der Waals surface area contributed by atoms with Gasteiger partial charge in [0.25, 0.3) is 0 Å². The van der Waals surface area contributed by atoms with Crippen LogP contribution in [0.4, 0.5) is 0 Å². The average Bonchev–Trinajstić information content (AvgIpc) is 2.99. The number of hydrogen-bond donors (Lipinski definition) is 1. The molecule has 1 aromatic carbocycles. The van der Waals surface area contributed by atoms with Gasteiger partial charge in [0.1, 0.15) is 11.0 Å². The van der Waals surface area contributed by atoms with E-state index in [9.17, 15) is 4.79 Å². The highest BCUT2D eigenvalue weighted by molar-refractivity contribution is 6.00. The number of aromatic nitrogens is 3. The number of nitrogens with zero attached hydrogens (tertiary/aromatic N) is 3. The minimum Gasteiger partial charge on any atom is -0.478 e. The van der Waals surface area contributed by atoms with E-state index in [1.165, 1.54) is 0 Å². The van der Waals surface area contributed by atoms with Gasteiger partial charge < -0.3 is 9.52 Å². The second-order valence-corrected chi connectivity index (χ2v) is 3.86. The molecule has 0 amide bonds. The van der Waals surface area contributed by atoms with Crippen LogP contribution in [0.5, 0.6) is 0 Å². The van der Waals surface area contributed by atoms with Gasteiger partial charge in [0.2, 0.25) is 0 Å². The van der Waals surface area contributed by atoms with Gasteiger partial charge >= 0.3 is 5.97 Å². The molecule has 0 saturated carbocycles. The lowest BCUT2D eigenvalue weighted by Gasteiger charge is -2.02. The van der Waals surface area contributed by atoms with Crippen molar-refractivity contribution in [3.63, 3.8) is 0 Å². The number of aromatic carboxylic acids is 1. The molecular weight excluding hydrogens is 234 g/mol. The molecule has 0 radical (unpaired) electrons. The molecule has 3 rings (SSSR count). The Morgan fingerprint density at radius 1 is 1.39 bits per heavy atom. The summed E-state index contributed by atoms with van der Waals surface area (Å²) in [4.78, 5) is 11.2. The van der Waals surface area contributed by atoms with Crippen molar-refractivity contribution in [3.05, 3.63) is 47.9 Å². The highest BCUT2D eigenvalue weighted by Crippen LogP contribution is 2.17. The Labute approximate surface area is 101 Å². The summed E-state index contributed by atoms with van der Waals surface area (Å²) >= 11 is 0. The normalized spacial score (nSPS) is 10.9. The topological polar surface area (TPSA) is 81.1 Å². The molecule has 18 heavy (non-hydrogen) atoms. The first-order valence-electron chi connectivity index (χ1n) is 5.32. The first-order chi connectivity index (χ1) is 8.75. The molecular formula is C12H9N3O3. The number of carbonyl (C=O) groups is 1. The third-order valence-corrected chi connectivity index (χ3v) is 2.68. The quantitative estimate of drug-likeness (QED) is 0.758. The Bertz CT molecular complexity index is 701. The highest BCUT2D eigenvalue weighted by Gasteiger charge is 2.14. The maximum Gasteiger partial charge on any atom is 0.337 e. The van der Waals surface area contributed by atoms with E-state index in [2.05, 4.69) is 10.3 Å². The Hall–Kier alpha value is -2.63. The van der Waals surface area contributed by atoms with Crippen LogP contribution in [0.25, 0.3) is 11.0 Å². The summed E-state index contributed by atoms with van der Waals surface area (Å²) in [5.74, 6) is -0.989. The average molecular weight is 243 g/mol. The first kappa shape index (κ1) is 10.5. The predicted octanol–water partition coefficient (Wildman–Crippen LogP) is 1.77. The number of hydrogen-bond acceptors (Lipinski definition) is 4. The van der Waals surface area contributed by atoms with Gasteiger partial charge in [0, 0.05) is 5.56 Å². The van der Waals surface area contributed by atoms with Crippen molar-refractivity contribution >= 4 is 17.0 Å². The molecule has 0 fully saturated rings. The molecule has 0 spiro atoms. The molecule has 2 aromatic heterocycles. The van der Waals surface area contributed by atoms with Crippen LogP contribution in [0.15, 0.2) is 41.2 Å². The van der Waals surface area contributed by atoms with Crippen LogP contribution in [-0.4, -0.2) is 26.1 Å². The van der Waals surface area contributed by atoms with E-state index in [1.807, 2.05) is 0 Å². The fourth-order valence-electron chi connectivity index (χ4n) is 1.87. The third-order valence-electron chi connectivity index (χ3n) is 2.68. The van der Waals surface area contributed by atoms with E-state index in [0.717, 1.165) is 5.56 Å². The number of fused-ring (bicyclic) bond motifs is 1. The van der Waals surface area contributed by atoms with E-state index in [0.29, 0.717) is 17.6 Å². The fraction of sp³-hybridized carbons (Fsp3) is 0.0833. The molecule has 3 aromatic rings. The molecule has 0 atom stereocenters. The van der Waals surface area contributed by atoms with Crippen molar-refractivity contribution < 1.29 is 14.3 Å². The van der Waals surface area contributed by atoms with Crippen molar-refractivity contribution in [2.75, 3.05) is 0 Å². The van der Waals surface area contributed by atoms with Crippen LogP contribution in [0, 0.1) is 0 Å². The number of carboxylic acids is 1. The molecule has 0 saturated heterocycles. The summed E-state index contributed by atoms with van der Waals surface area (Å²) in [6, 6.07) is 6.74. The largest absolute Gasteiger partial charge is 0.478 e. The molecule has 1 N–H and O–H groups in total. The van der Waals surface area contributed by atoms with Gasteiger partial charge in [-0.1, -0.05) is 11.3 Å². The standard InChI is InChI=1S/C12H9N3O3/c16-12(17)9-2-1-3-10-11(9)15(14-13-10)6-8-4-5-18-7-8/h1-5,7H,6H2,(H,16,17). The van der Waals surface area contributed by atoms with Crippen LogP contribution in [0.3, 0.4) is 0 Å². The van der Waals surface area contributed by atoms with Crippen LogP contribution < -0.4 is 0 Å². The summed E-state index contributed by atoms with van der Waals surface area (Å²) in [6.07, 6.45) is 3.16. The molecule has 2 heterocycles. The predicted molar refractivity (Wildman–Crippen MR) is 62.3 cm³/mol. The SMILES string of the molecule is O=C(O)c1cccc2nnn(Cc3ccoc3)c12. The minimum absolute atomic E-state index is 0.195. The van der Waals surface area contributed by atoms with Crippen molar-refractivity contribution in [1.29, 1.82) is 0 Å². The van der Waals surface area contributed by atoms with Gasteiger partial charge in [-0.2, -0.15) is 0 Å². The summed E-state index contributed by atoms with van der Waals surface area (Å²) in [5.41, 5.74) is 2.19. The van der Waals surface area contributed by atoms with E-state index in [-0.39, 0.29) is 5.56 Å². The second-order valence-electron chi connectivity index (χ2n) is 3.86. The summed E-state index contributed by atoms with van der Waals surface area (Å²) in [7, 11) is 0. The smallest absolute Gasteiger partial charge is 0.337 e. The Kier molecular flexibility index (Phi) is 2.33. The number of furan rings is 1. The number of rotatable bonds is 3. The lowest BCUT2D eigenvalue weighted by Crippen LogP contribution is -2.05. The molecule has 6 heteroatoms. The number of benzene rings is 1. The van der Waals surface area contributed by atoms with Crippen LogP contribution in [0.1, 0.15) is 15.9 Å². The highest BCUT2D eigenvalue weighted by atomic mass is 16.4. The van der Waals surface area contributed by atoms with Crippen molar-refractivity contribution in [3.8, 4) is 0 Å². The summed E-state index contributed by atoms with van der Waals surface area (Å²) in [6.45, 7) is 0.428. The first-order valence-corrected chi connectivity index (χ1v) is 5.32. The zero-order valence-corrected chi connectivity index (χ0v) is 9.28. The summed E-state index contributed by atoms with van der Waals surface area (Å²) in [5, 5.41) is 17.1. The van der Waals surface area contributed by atoms with Crippen LogP contribution in [-0.2, 0) is 6.54 Å². The van der Waals surface area contributed by atoms with E-state index in [1.54, 1.807) is 41.5 Å². The lowest BCUT2D eigenvalue weighted by molar-refractivity contribution is 0.0698. The number of para-hydroxylation sites is 1. The minimum atomic E-state index is -0.989. The lowest BCUT2D eigenvalue weighted by atomic mass is 10.2. The van der Waals surface area contributed by atoms with E-state index < -0.39 is 5.97 Å². The van der Waals surface area contributed by atoms with Gasteiger partial charge in [-0.05, 0) is 18.2 Å². The van der Waals surface area contributed by atoms with Gasteiger partial charge in [-0.25, -0.2) is 9.48 Å². The van der Waals surface area contributed by atoms with Crippen molar-refractivity contribution in [1.82, 2.24) is 15.0 Å². The molecule has 0 aliphatic carbocycles. The van der Waals surface area contributed by atoms with Gasteiger partial charge in [-0.15, -0.1) is 5.10 Å². The molecule has 0 aliphatic heterocycles.